The maximum Gasteiger partial charge on any atom is 0.321 e. The summed E-state index contributed by atoms with van der Waals surface area (Å²) in [5, 5.41) is 5.93. The predicted octanol–water partition coefficient (Wildman–Crippen LogP) is 3.14. The molecule has 27 heavy (non-hydrogen) atoms. The second kappa shape index (κ2) is 8.43. The molecule has 0 saturated carbocycles. The van der Waals surface area contributed by atoms with Crippen molar-refractivity contribution in [3.8, 4) is 0 Å². The number of likely N-dealkylation sites (tertiary alicyclic amines) is 1. The van der Waals surface area contributed by atoms with Crippen LogP contribution in [0.2, 0.25) is 0 Å². The first kappa shape index (κ1) is 19.2. The average Bonchev–Trinajstić information content (AvgIpc) is 3.27. The van der Waals surface area contributed by atoms with E-state index in [1.165, 1.54) is 17.4 Å². The molecule has 0 radical (unpaired) electrons. The molecule has 0 bridgehead atoms. The zero-order chi connectivity index (χ0) is 19.4. The number of nitrogens with zero attached hydrogens (tertiary/aromatic N) is 2. The van der Waals surface area contributed by atoms with Gasteiger partial charge in [0, 0.05) is 43.0 Å². The minimum absolute atomic E-state index is 0.0814. The summed E-state index contributed by atoms with van der Waals surface area (Å²) in [6, 6.07) is 3.30. The second-order valence-corrected chi connectivity index (χ2v) is 7.45. The van der Waals surface area contributed by atoms with Crippen LogP contribution in [0.5, 0.6) is 0 Å². The van der Waals surface area contributed by atoms with E-state index in [9.17, 15) is 18.4 Å². The van der Waals surface area contributed by atoms with Crippen molar-refractivity contribution < 1.29 is 18.4 Å². The summed E-state index contributed by atoms with van der Waals surface area (Å²) in [4.78, 5) is 30.5. The third kappa shape index (κ3) is 5.00. The second-order valence-electron chi connectivity index (χ2n) is 6.33. The quantitative estimate of drug-likeness (QED) is 0.818. The van der Waals surface area contributed by atoms with Gasteiger partial charge in [-0.05, 0) is 24.1 Å². The van der Waals surface area contributed by atoms with Crippen LogP contribution in [0, 0.1) is 11.6 Å². The Morgan fingerprint density at radius 1 is 1.33 bits per heavy atom. The van der Waals surface area contributed by atoms with Crippen LogP contribution >= 0.6 is 11.3 Å². The Balaban J connectivity index is 1.51. The van der Waals surface area contributed by atoms with Crippen molar-refractivity contribution in [3.63, 3.8) is 0 Å². The number of halogens is 2. The van der Waals surface area contributed by atoms with Gasteiger partial charge in [0.05, 0.1) is 0 Å². The van der Waals surface area contributed by atoms with Crippen molar-refractivity contribution in [1.82, 2.24) is 15.2 Å². The largest absolute Gasteiger partial charge is 0.341 e. The average molecular weight is 394 g/mol. The van der Waals surface area contributed by atoms with E-state index in [1.807, 2.05) is 6.92 Å². The fourth-order valence-corrected chi connectivity index (χ4v) is 3.79. The lowest BCUT2D eigenvalue weighted by Gasteiger charge is -2.16. The summed E-state index contributed by atoms with van der Waals surface area (Å²) < 4.78 is 26.3. The van der Waals surface area contributed by atoms with E-state index in [4.69, 9.17) is 0 Å². The van der Waals surface area contributed by atoms with E-state index in [-0.39, 0.29) is 18.0 Å². The number of anilines is 1. The van der Waals surface area contributed by atoms with Gasteiger partial charge in [0.15, 0.2) is 16.8 Å². The molecule has 2 N–H and O–H groups in total. The van der Waals surface area contributed by atoms with Gasteiger partial charge in [-0.1, -0.05) is 13.0 Å². The fraction of sp³-hybridized carbons (Fsp3) is 0.389. The molecule has 9 heteroatoms. The molecule has 3 amide bonds. The zero-order valence-corrected chi connectivity index (χ0v) is 15.6. The van der Waals surface area contributed by atoms with E-state index >= 15 is 0 Å². The number of aromatic nitrogens is 1. The highest BCUT2D eigenvalue weighted by Crippen LogP contribution is 2.22. The van der Waals surface area contributed by atoms with E-state index < -0.39 is 11.6 Å². The molecule has 6 nitrogen and oxygen atoms in total. The predicted molar refractivity (Wildman–Crippen MR) is 98.7 cm³/mol. The maximum absolute atomic E-state index is 13.3. The number of carbonyl (C=O) groups excluding carboxylic acids is 2. The summed E-state index contributed by atoms with van der Waals surface area (Å²) in [5.41, 5.74) is 0.625. The Morgan fingerprint density at radius 3 is 2.89 bits per heavy atom. The van der Waals surface area contributed by atoms with Gasteiger partial charge in [0.2, 0.25) is 5.91 Å². The zero-order valence-electron chi connectivity index (χ0n) is 14.8. The summed E-state index contributed by atoms with van der Waals surface area (Å²) >= 11 is 1.27. The van der Waals surface area contributed by atoms with Gasteiger partial charge in [0.25, 0.3) is 0 Å². The van der Waals surface area contributed by atoms with Gasteiger partial charge in [-0.2, -0.15) is 0 Å². The van der Waals surface area contributed by atoms with E-state index in [1.54, 1.807) is 11.1 Å². The SMILES string of the molecule is CCC(=O)N1CC[C@@H](NC(=O)Nc2ncc(Cc3ccc(F)c(F)c3)s2)C1. The monoisotopic (exact) mass is 394 g/mol. The molecular weight excluding hydrogens is 374 g/mol. The van der Waals surface area contributed by atoms with Crippen LogP contribution in [-0.2, 0) is 11.2 Å². The molecule has 1 saturated heterocycles. The van der Waals surface area contributed by atoms with Crippen molar-refractivity contribution in [3.05, 3.63) is 46.5 Å². The Bertz CT molecular complexity index is 843. The van der Waals surface area contributed by atoms with E-state index in [0.29, 0.717) is 36.6 Å². The number of rotatable bonds is 5. The van der Waals surface area contributed by atoms with Crippen molar-refractivity contribution in [1.29, 1.82) is 0 Å². The first-order valence-electron chi connectivity index (χ1n) is 8.68. The minimum Gasteiger partial charge on any atom is -0.341 e. The molecule has 0 aliphatic carbocycles. The Morgan fingerprint density at radius 2 is 2.15 bits per heavy atom. The third-order valence-corrected chi connectivity index (χ3v) is 5.23. The van der Waals surface area contributed by atoms with Gasteiger partial charge in [-0.3, -0.25) is 10.1 Å². The number of hydrogen-bond acceptors (Lipinski definition) is 4. The van der Waals surface area contributed by atoms with Crippen LogP contribution in [0.1, 0.15) is 30.2 Å². The summed E-state index contributed by atoms with van der Waals surface area (Å²) in [7, 11) is 0. The van der Waals surface area contributed by atoms with Crippen LogP contribution in [0.4, 0.5) is 18.7 Å². The number of carbonyl (C=O) groups is 2. The molecule has 3 rings (SSSR count). The topological polar surface area (TPSA) is 74.3 Å². The Kier molecular flexibility index (Phi) is 6.00. The molecule has 0 spiro atoms. The van der Waals surface area contributed by atoms with Crippen LogP contribution in [0.25, 0.3) is 0 Å². The van der Waals surface area contributed by atoms with Gasteiger partial charge < -0.3 is 10.2 Å². The molecule has 144 valence electrons. The fourth-order valence-electron chi connectivity index (χ4n) is 2.94. The van der Waals surface area contributed by atoms with Crippen LogP contribution < -0.4 is 10.6 Å². The lowest BCUT2D eigenvalue weighted by atomic mass is 10.1. The molecule has 1 fully saturated rings. The van der Waals surface area contributed by atoms with Gasteiger partial charge >= 0.3 is 6.03 Å². The molecule has 1 aliphatic rings. The van der Waals surface area contributed by atoms with E-state index in [0.717, 1.165) is 23.4 Å². The lowest BCUT2D eigenvalue weighted by Crippen LogP contribution is -2.40. The number of nitrogens with one attached hydrogen (secondary N) is 2. The van der Waals surface area contributed by atoms with Crippen LogP contribution in [0.15, 0.2) is 24.4 Å². The number of amides is 3. The van der Waals surface area contributed by atoms with Crippen LogP contribution in [-0.4, -0.2) is 41.0 Å². The van der Waals surface area contributed by atoms with Gasteiger partial charge in [0.1, 0.15) is 0 Å². The molecule has 1 aromatic carbocycles. The number of thiazole rings is 1. The molecule has 1 atom stereocenters. The first-order valence-corrected chi connectivity index (χ1v) is 9.50. The standard InChI is InChI=1S/C18H20F2N4O2S/c1-2-16(25)24-6-5-12(10-24)22-17(26)23-18-21-9-13(27-18)7-11-3-4-14(19)15(20)8-11/h3-4,8-9,12H,2,5-7,10H2,1H3,(H2,21,22,23,26)/t12-/m1/s1. The summed E-state index contributed by atoms with van der Waals surface area (Å²) in [6.07, 6.45) is 3.17. The first-order chi connectivity index (χ1) is 12.9. The molecule has 0 unspecified atom stereocenters. The van der Waals surface area contributed by atoms with E-state index in [2.05, 4.69) is 15.6 Å². The minimum atomic E-state index is -0.887. The van der Waals surface area contributed by atoms with Crippen molar-refractivity contribution in [2.75, 3.05) is 18.4 Å². The van der Waals surface area contributed by atoms with Gasteiger partial charge in [-0.25, -0.2) is 18.6 Å². The highest BCUT2D eigenvalue weighted by molar-refractivity contribution is 7.15. The highest BCUT2D eigenvalue weighted by atomic mass is 32.1. The number of benzene rings is 1. The third-order valence-electron chi connectivity index (χ3n) is 4.32. The number of hydrogen-bond donors (Lipinski definition) is 2. The van der Waals surface area contributed by atoms with Crippen molar-refractivity contribution in [2.45, 2.75) is 32.2 Å². The van der Waals surface area contributed by atoms with Crippen molar-refractivity contribution in [2.24, 2.45) is 0 Å². The normalized spacial score (nSPS) is 16.4. The highest BCUT2D eigenvalue weighted by Gasteiger charge is 2.26. The molecular formula is C18H20F2N4O2S. The lowest BCUT2D eigenvalue weighted by molar-refractivity contribution is -0.129. The molecule has 2 aromatic rings. The van der Waals surface area contributed by atoms with Crippen LogP contribution in [0.3, 0.4) is 0 Å². The summed E-state index contributed by atoms with van der Waals surface area (Å²) in [6.45, 7) is 2.97. The maximum atomic E-state index is 13.3. The number of urea groups is 1. The molecule has 1 aliphatic heterocycles. The van der Waals surface area contributed by atoms with Gasteiger partial charge in [-0.15, -0.1) is 11.3 Å². The molecule has 2 heterocycles. The Hall–Kier alpha value is -2.55. The summed E-state index contributed by atoms with van der Waals surface area (Å²) in [5.74, 6) is -1.68. The molecule has 1 aromatic heterocycles. The smallest absolute Gasteiger partial charge is 0.321 e. The van der Waals surface area contributed by atoms with Crippen molar-refractivity contribution >= 4 is 28.4 Å². The Labute approximate surface area is 159 Å².